The highest BCUT2D eigenvalue weighted by molar-refractivity contribution is 5.76. The number of hydrogen-bond acceptors (Lipinski definition) is 3. The van der Waals surface area contributed by atoms with Crippen molar-refractivity contribution in [1.82, 2.24) is 5.32 Å². The van der Waals surface area contributed by atoms with Crippen molar-refractivity contribution >= 4 is 5.91 Å². The van der Waals surface area contributed by atoms with Crippen molar-refractivity contribution in [2.75, 3.05) is 14.2 Å². The molecule has 0 saturated heterocycles. The van der Waals surface area contributed by atoms with Crippen molar-refractivity contribution in [2.24, 2.45) is 0 Å². The van der Waals surface area contributed by atoms with Crippen LogP contribution in [0, 0.1) is 6.92 Å². The van der Waals surface area contributed by atoms with Crippen molar-refractivity contribution in [3.05, 3.63) is 59.2 Å². The summed E-state index contributed by atoms with van der Waals surface area (Å²) in [5.41, 5.74) is 3.43. The summed E-state index contributed by atoms with van der Waals surface area (Å²) in [4.78, 5) is 12.3. The number of methoxy groups -OCH3 is 2. The SMILES string of the molecule is CC[C@H](NC(=O)CCc1ccc(C)cc1)c1ccc(OC)c(OC)c1. The molecule has 0 aliphatic heterocycles. The van der Waals surface area contributed by atoms with E-state index in [1.807, 2.05) is 18.2 Å². The van der Waals surface area contributed by atoms with Crippen LogP contribution in [0.3, 0.4) is 0 Å². The Morgan fingerprint density at radius 1 is 1.04 bits per heavy atom. The second-order valence-corrected chi connectivity index (χ2v) is 6.13. The lowest BCUT2D eigenvalue weighted by atomic mass is 10.0. The number of nitrogens with one attached hydrogen (secondary N) is 1. The molecule has 0 unspecified atom stereocenters. The fraction of sp³-hybridized carbons (Fsp3) is 0.381. The first kappa shape index (κ1) is 18.8. The molecule has 4 heteroatoms. The van der Waals surface area contributed by atoms with Crippen LogP contribution in [0.5, 0.6) is 11.5 Å². The van der Waals surface area contributed by atoms with Gasteiger partial charge in [-0.2, -0.15) is 0 Å². The van der Waals surface area contributed by atoms with Gasteiger partial charge in [-0.15, -0.1) is 0 Å². The third-order valence-electron chi connectivity index (χ3n) is 4.31. The number of carbonyl (C=O) groups is 1. The molecule has 134 valence electrons. The molecular weight excluding hydrogens is 314 g/mol. The van der Waals surface area contributed by atoms with Crippen LogP contribution in [0.4, 0.5) is 0 Å². The summed E-state index contributed by atoms with van der Waals surface area (Å²) < 4.78 is 10.6. The number of carbonyl (C=O) groups excluding carboxylic acids is 1. The Balaban J connectivity index is 1.98. The molecule has 2 aromatic rings. The maximum atomic E-state index is 12.3. The first-order valence-corrected chi connectivity index (χ1v) is 8.64. The molecule has 0 aliphatic rings. The number of amides is 1. The zero-order chi connectivity index (χ0) is 18.2. The summed E-state index contributed by atoms with van der Waals surface area (Å²) in [5, 5.41) is 3.12. The molecule has 0 fully saturated rings. The Hall–Kier alpha value is -2.49. The van der Waals surface area contributed by atoms with Gasteiger partial charge in [0.15, 0.2) is 11.5 Å². The molecule has 0 aromatic heterocycles. The zero-order valence-electron chi connectivity index (χ0n) is 15.5. The average molecular weight is 341 g/mol. The summed E-state index contributed by atoms with van der Waals surface area (Å²) >= 11 is 0. The number of aryl methyl sites for hydroxylation is 2. The molecule has 2 rings (SSSR count). The van der Waals surface area contributed by atoms with Gasteiger partial charge in [0.2, 0.25) is 5.91 Å². The van der Waals surface area contributed by atoms with Crippen LogP contribution >= 0.6 is 0 Å². The smallest absolute Gasteiger partial charge is 0.220 e. The van der Waals surface area contributed by atoms with Gasteiger partial charge in [0, 0.05) is 6.42 Å². The van der Waals surface area contributed by atoms with Crippen molar-refractivity contribution in [1.29, 1.82) is 0 Å². The van der Waals surface area contributed by atoms with Crippen LogP contribution in [0.1, 0.15) is 42.5 Å². The number of hydrogen-bond donors (Lipinski definition) is 1. The van der Waals surface area contributed by atoms with Gasteiger partial charge >= 0.3 is 0 Å². The molecular formula is C21H27NO3. The van der Waals surface area contributed by atoms with Gasteiger partial charge < -0.3 is 14.8 Å². The van der Waals surface area contributed by atoms with Gasteiger partial charge in [0.1, 0.15) is 0 Å². The first-order valence-electron chi connectivity index (χ1n) is 8.64. The Kier molecular flexibility index (Phi) is 6.87. The van der Waals surface area contributed by atoms with Crippen LogP contribution in [-0.2, 0) is 11.2 Å². The highest BCUT2D eigenvalue weighted by Gasteiger charge is 2.15. The first-order chi connectivity index (χ1) is 12.1. The summed E-state index contributed by atoms with van der Waals surface area (Å²) in [6, 6.07) is 14.0. The molecule has 0 heterocycles. The summed E-state index contributed by atoms with van der Waals surface area (Å²) in [5.74, 6) is 1.42. The number of rotatable bonds is 8. The maximum Gasteiger partial charge on any atom is 0.220 e. The Bertz CT molecular complexity index is 695. The summed E-state index contributed by atoms with van der Waals surface area (Å²) in [7, 11) is 3.23. The van der Waals surface area contributed by atoms with E-state index in [1.165, 1.54) is 11.1 Å². The van der Waals surface area contributed by atoms with Crippen LogP contribution in [0.15, 0.2) is 42.5 Å². The molecule has 25 heavy (non-hydrogen) atoms. The van der Waals surface area contributed by atoms with Gasteiger partial charge in [-0.1, -0.05) is 42.8 Å². The maximum absolute atomic E-state index is 12.3. The van der Waals surface area contributed by atoms with E-state index in [9.17, 15) is 4.79 Å². The second kappa shape index (κ2) is 9.11. The fourth-order valence-corrected chi connectivity index (χ4v) is 2.77. The summed E-state index contributed by atoms with van der Waals surface area (Å²) in [6.45, 7) is 4.12. The Labute approximate surface area is 150 Å². The highest BCUT2D eigenvalue weighted by Crippen LogP contribution is 2.30. The van der Waals surface area contributed by atoms with E-state index < -0.39 is 0 Å². The predicted octanol–water partition coefficient (Wildman–Crippen LogP) is 4.21. The van der Waals surface area contributed by atoms with Gasteiger partial charge in [-0.25, -0.2) is 0 Å². The second-order valence-electron chi connectivity index (χ2n) is 6.13. The van der Waals surface area contributed by atoms with Crippen molar-refractivity contribution in [3.63, 3.8) is 0 Å². The molecule has 0 spiro atoms. The van der Waals surface area contributed by atoms with E-state index in [1.54, 1.807) is 14.2 Å². The largest absolute Gasteiger partial charge is 0.493 e. The van der Waals surface area contributed by atoms with E-state index in [-0.39, 0.29) is 11.9 Å². The minimum atomic E-state index is -0.0367. The monoisotopic (exact) mass is 341 g/mol. The fourth-order valence-electron chi connectivity index (χ4n) is 2.77. The number of ether oxygens (including phenoxy) is 2. The normalized spacial score (nSPS) is 11.7. The lowest BCUT2D eigenvalue weighted by molar-refractivity contribution is -0.121. The molecule has 2 aromatic carbocycles. The highest BCUT2D eigenvalue weighted by atomic mass is 16.5. The van der Waals surface area contributed by atoms with Crippen molar-refractivity contribution in [3.8, 4) is 11.5 Å². The summed E-state index contributed by atoms with van der Waals surface area (Å²) in [6.07, 6.45) is 2.03. The van der Waals surface area contributed by atoms with Crippen LogP contribution in [0.2, 0.25) is 0 Å². The molecule has 4 nitrogen and oxygen atoms in total. The molecule has 0 radical (unpaired) electrons. The van der Waals surface area contributed by atoms with Crippen LogP contribution in [0.25, 0.3) is 0 Å². The van der Waals surface area contributed by atoms with Gasteiger partial charge in [-0.05, 0) is 43.0 Å². The predicted molar refractivity (Wildman–Crippen MR) is 100 cm³/mol. The topological polar surface area (TPSA) is 47.6 Å². The minimum Gasteiger partial charge on any atom is -0.493 e. The van der Waals surface area contributed by atoms with Gasteiger partial charge in [-0.3, -0.25) is 4.79 Å². The van der Waals surface area contributed by atoms with Gasteiger partial charge in [0.25, 0.3) is 0 Å². The molecule has 1 atom stereocenters. The zero-order valence-corrected chi connectivity index (χ0v) is 15.5. The third kappa shape index (κ3) is 5.24. The lowest BCUT2D eigenvalue weighted by Crippen LogP contribution is -2.28. The Morgan fingerprint density at radius 2 is 1.72 bits per heavy atom. The van der Waals surface area contributed by atoms with E-state index in [4.69, 9.17) is 9.47 Å². The Morgan fingerprint density at radius 3 is 2.32 bits per heavy atom. The molecule has 1 amide bonds. The van der Waals surface area contributed by atoms with Crippen LogP contribution in [-0.4, -0.2) is 20.1 Å². The third-order valence-corrected chi connectivity index (χ3v) is 4.31. The number of benzene rings is 2. The molecule has 0 saturated carbocycles. The van der Waals surface area contributed by atoms with Crippen molar-refractivity contribution in [2.45, 2.75) is 39.2 Å². The minimum absolute atomic E-state index is 0.0367. The van der Waals surface area contributed by atoms with E-state index in [0.717, 1.165) is 18.4 Å². The van der Waals surface area contributed by atoms with Gasteiger partial charge in [0.05, 0.1) is 20.3 Å². The average Bonchev–Trinajstić information content (AvgIpc) is 2.65. The lowest BCUT2D eigenvalue weighted by Gasteiger charge is -2.19. The molecule has 1 N–H and O–H groups in total. The standard InChI is InChI=1S/C21H27NO3/c1-5-18(17-11-12-19(24-3)20(14-17)25-4)22-21(23)13-10-16-8-6-15(2)7-9-16/h6-9,11-12,14,18H,5,10,13H2,1-4H3,(H,22,23)/t18-/m0/s1. The van der Waals surface area contributed by atoms with E-state index in [0.29, 0.717) is 17.9 Å². The van der Waals surface area contributed by atoms with E-state index >= 15 is 0 Å². The molecule has 0 bridgehead atoms. The molecule has 0 aliphatic carbocycles. The van der Waals surface area contributed by atoms with Crippen molar-refractivity contribution < 1.29 is 14.3 Å². The van der Waals surface area contributed by atoms with Crippen LogP contribution < -0.4 is 14.8 Å². The quantitative estimate of drug-likeness (QED) is 0.782. The van der Waals surface area contributed by atoms with E-state index in [2.05, 4.69) is 43.4 Å².